The summed E-state index contributed by atoms with van der Waals surface area (Å²) in [7, 11) is 0. The lowest BCUT2D eigenvalue weighted by molar-refractivity contribution is -0.130. The van der Waals surface area contributed by atoms with Crippen LogP contribution in [0.25, 0.3) is 0 Å². The molecule has 1 atom stereocenters. The van der Waals surface area contributed by atoms with Crippen LogP contribution in [0.4, 0.5) is 0 Å². The number of rotatable bonds is 2. The van der Waals surface area contributed by atoms with E-state index in [2.05, 4.69) is 21.0 Å². The number of hydrogen-bond donors (Lipinski definition) is 1. The van der Waals surface area contributed by atoms with E-state index in [1.54, 1.807) is 12.1 Å². The highest BCUT2D eigenvalue weighted by Gasteiger charge is 2.33. The van der Waals surface area contributed by atoms with Gasteiger partial charge in [-0.05, 0) is 30.7 Å². The number of carbonyl (C=O) groups excluding carboxylic acids is 1. The number of phenols is 1. The van der Waals surface area contributed by atoms with Gasteiger partial charge in [-0.1, -0.05) is 45.8 Å². The zero-order valence-electron chi connectivity index (χ0n) is 13.0. The van der Waals surface area contributed by atoms with E-state index >= 15 is 0 Å². The van der Waals surface area contributed by atoms with Crippen molar-refractivity contribution in [1.29, 1.82) is 0 Å². The highest BCUT2D eigenvalue weighted by atomic mass is 79.9. The van der Waals surface area contributed by atoms with Gasteiger partial charge < -0.3 is 5.11 Å². The first-order valence-corrected chi connectivity index (χ1v) is 8.18. The maximum Gasteiger partial charge on any atom is 0.240 e. The lowest BCUT2D eigenvalue weighted by atomic mass is 9.97. The Morgan fingerprint density at radius 1 is 1.26 bits per heavy atom. The van der Waals surface area contributed by atoms with Crippen LogP contribution in [0.1, 0.15) is 36.1 Å². The van der Waals surface area contributed by atoms with Gasteiger partial charge in [-0.3, -0.25) is 4.79 Å². The van der Waals surface area contributed by atoms with E-state index in [0.29, 0.717) is 12.0 Å². The van der Waals surface area contributed by atoms with Crippen LogP contribution in [-0.2, 0) is 4.79 Å². The number of hydrogen-bond acceptors (Lipinski definition) is 3. The molecule has 118 valence electrons. The van der Waals surface area contributed by atoms with Gasteiger partial charge in [0.05, 0.1) is 11.8 Å². The predicted octanol–water partition coefficient (Wildman–Crippen LogP) is 4.16. The molecule has 0 radical (unpaired) electrons. The summed E-state index contributed by atoms with van der Waals surface area (Å²) in [5.41, 5.74) is 3.72. The fourth-order valence-electron chi connectivity index (χ4n) is 2.76. The third kappa shape index (κ3) is 3.15. The number of nitrogens with zero attached hydrogens (tertiary/aromatic N) is 2. The lowest BCUT2D eigenvalue weighted by Gasteiger charge is -2.21. The molecule has 1 heterocycles. The van der Waals surface area contributed by atoms with Gasteiger partial charge in [0.2, 0.25) is 5.91 Å². The van der Waals surface area contributed by atoms with Crippen molar-refractivity contribution < 1.29 is 9.90 Å². The molecule has 2 aromatic rings. The van der Waals surface area contributed by atoms with Crippen molar-refractivity contribution in [2.75, 3.05) is 0 Å². The Morgan fingerprint density at radius 3 is 2.61 bits per heavy atom. The van der Waals surface area contributed by atoms with Crippen molar-refractivity contribution in [3.63, 3.8) is 0 Å². The number of aryl methyl sites for hydroxylation is 1. The Hall–Kier alpha value is -2.14. The SMILES string of the molecule is CC(=O)N1N=C(c2ccc(C)cc2)CC1c1cc(Br)ccc1O. The third-order valence-electron chi connectivity index (χ3n) is 3.97. The Balaban J connectivity index is 1.98. The highest BCUT2D eigenvalue weighted by molar-refractivity contribution is 9.10. The number of carbonyl (C=O) groups is 1. The zero-order valence-corrected chi connectivity index (χ0v) is 14.5. The molecule has 0 fully saturated rings. The van der Waals surface area contributed by atoms with E-state index in [0.717, 1.165) is 15.7 Å². The van der Waals surface area contributed by atoms with E-state index < -0.39 is 0 Å². The lowest BCUT2D eigenvalue weighted by Crippen LogP contribution is -2.24. The van der Waals surface area contributed by atoms with Gasteiger partial charge >= 0.3 is 0 Å². The van der Waals surface area contributed by atoms with E-state index in [1.165, 1.54) is 17.5 Å². The predicted molar refractivity (Wildman–Crippen MR) is 93.4 cm³/mol. The van der Waals surface area contributed by atoms with Gasteiger partial charge in [0.1, 0.15) is 5.75 Å². The zero-order chi connectivity index (χ0) is 16.6. The third-order valence-corrected chi connectivity index (χ3v) is 4.46. The van der Waals surface area contributed by atoms with E-state index in [-0.39, 0.29) is 17.7 Å². The molecule has 2 aromatic carbocycles. The van der Waals surface area contributed by atoms with Crippen LogP contribution in [0.3, 0.4) is 0 Å². The van der Waals surface area contributed by atoms with Gasteiger partial charge in [0.25, 0.3) is 0 Å². The molecule has 0 aromatic heterocycles. The smallest absolute Gasteiger partial charge is 0.240 e. The largest absolute Gasteiger partial charge is 0.508 e. The number of benzene rings is 2. The monoisotopic (exact) mass is 372 g/mol. The van der Waals surface area contributed by atoms with E-state index in [1.807, 2.05) is 37.3 Å². The Morgan fingerprint density at radius 2 is 1.96 bits per heavy atom. The molecular weight excluding hydrogens is 356 g/mol. The van der Waals surface area contributed by atoms with Gasteiger partial charge in [-0.15, -0.1) is 0 Å². The molecule has 1 amide bonds. The summed E-state index contributed by atoms with van der Waals surface area (Å²) in [6.45, 7) is 3.52. The van der Waals surface area contributed by atoms with Crippen LogP contribution in [0.15, 0.2) is 52.0 Å². The van der Waals surface area contributed by atoms with Crippen LogP contribution in [-0.4, -0.2) is 21.7 Å². The Kier molecular flexibility index (Phi) is 4.22. The van der Waals surface area contributed by atoms with Crippen LogP contribution in [0.2, 0.25) is 0 Å². The molecule has 1 unspecified atom stereocenters. The number of halogens is 1. The summed E-state index contributed by atoms with van der Waals surface area (Å²) in [4.78, 5) is 12.0. The molecule has 1 aliphatic rings. The second-order valence-corrected chi connectivity index (χ2v) is 6.62. The van der Waals surface area contributed by atoms with Gasteiger partial charge in [0.15, 0.2) is 0 Å². The summed E-state index contributed by atoms with van der Waals surface area (Å²) in [6, 6.07) is 13.0. The summed E-state index contributed by atoms with van der Waals surface area (Å²) >= 11 is 3.42. The normalized spacial score (nSPS) is 17.3. The quantitative estimate of drug-likeness (QED) is 0.860. The molecule has 0 spiro atoms. The summed E-state index contributed by atoms with van der Waals surface area (Å²) < 4.78 is 0.859. The molecular formula is C18H17BrN2O2. The minimum absolute atomic E-state index is 0.142. The van der Waals surface area contributed by atoms with Gasteiger partial charge in [0, 0.05) is 23.4 Å². The van der Waals surface area contributed by atoms with Crippen LogP contribution in [0, 0.1) is 6.92 Å². The fourth-order valence-corrected chi connectivity index (χ4v) is 3.13. The van der Waals surface area contributed by atoms with Crippen molar-refractivity contribution in [1.82, 2.24) is 5.01 Å². The van der Waals surface area contributed by atoms with Crippen molar-refractivity contribution in [2.24, 2.45) is 5.10 Å². The highest BCUT2D eigenvalue weighted by Crippen LogP contribution is 2.38. The average Bonchev–Trinajstić information content (AvgIpc) is 2.95. The van der Waals surface area contributed by atoms with Crippen molar-refractivity contribution >= 4 is 27.5 Å². The second-order valence-electron chi connectivity index (χ2n) is 5.70. The summed E-state index contributed by atoms with van der Waals surface area (Å²) in [5.74, 6) is 0.0290. The number of amides is 1. The van der Waals surface area contributed by atoms with Gasteiger partial charge in [-0.25, -0.2) is 5.01 Å². The first-order chi connectivity index (χ1) is 11.0. The molecule has 3 rings (SSSR count). The maximum absolute atomic E-state index is 12.0. The minimum atomic E-state index is -0.290. The first kappa shape index (κ1) is 15.7. The van der Waals surface area contributed by atoms with Crippen molar-refractivity contribution in [3.8, 4) is 5.75 Å². The molecule has 23 heavy (non-hydrogen) atoms. The number of aromatic hydroxyl groups is 1. The minimum Gasteiger partial charge on any atom is -0.508 e. The molecule has 0 saturated carbocycles. The van der Waals surface area contributed by atoms with E-state index in [9.17, 15) is 9.90 Å². The average molecular weight is 373 g/mol. The molecule has 4 nitrogen and oxygen atoms in total. The Bertz CT molecular complexity index is 784. The van der Waals surface area contributed by atoms with Crippen LogP contribution >= 0.6 is 15.9 Å². The maximum atomic E-state index is 12.0. The second kappa shape index (κ2) is 6.16. The standard InChI is InChI=1S/C18H17BrN2O2/c1-11-3-5-13(6-4-11)16-10-17(21(20-16)12(2)22)15-9-14(19)7-8-18(15)23/h3-9,17,23H,10H2,1-2H3. The first-order valence-electron chi connectivity index (χ1n) is 7.38. The van der Waals surface area contributed by atoms with Crippen LogP contribution in [0.5, 0.6) is 5.75 Å². The topological polar surface area (TPSA) is 52.9 Å². The van der Waals surface area contributed by atoms with Crippen molar-refractivity contribution in [2.45, 2.75) is 26.3 Å². The van der Waals surface area contributed by atoms with E-state index in [4.69, 9.17) is 0 Å². The molecule has 1 aliphatic heterocycles. The number of phenolic OH excluding ortho intramolecular Hbond substituents is 1. The summed E-state index contributed by atoms with van der Waals surface area (Å²) in [6.07, 6.45) is 0.576. The van der Waals surface area contributed by atoms with Gasteiger partial charge in [-0.2, -0.15) is 5.10 Å². The molecule has 1 N–H and O–H groups in total. The van der Waals surface area contributed by atoms with Crippen molar-refractivity contribution in [3.05, 3.63) is 63.6 Å². The summed E-state index contributed by atoms with van der Waals surface area (Å²) in [5, 5.41) is 16.1. The molecule has 5 heteroatoms. The molecule has 0 bridgehead atoms. The molecule has 0 aliphatic carbocycles. The Labute approximate surface area is 143 Å². The van der Waals surface area contributed by atoms with Crippen LogP contribution < -0.4 is 0 Å². The molecule has 0 saturated heterocycles. The number of hydrazone groups is 1. The fraction of sp³-hybridized carbons (Fsp3) is 0.222.